The third kappa shape index (κ3) is 3.10. The maximum absolute atomic E-state index is 11.1. The number of rotatable bonds is 6. The maximum atomic E-state index is 11.1. The van der Waals surface area contributed by atoms with Gasteiger partial charge in [0.25, 0.3) is 4.96 Å². The molecule has 2 heterocycles. The van der Waals surface area contributed by atoms with Gasteiger partial charge in [-0.15, -0.1) is 0 Å². The molecule has 0 spiro atoms. The number of thiazole rings is 1. The van der Waals surface area contributed by atoms with Gasteiger partial charge in [0.05, 0.1) is 0 Å². The predicted molar refractivity (Wildman–Crippen MR) is 76.4 cm³/mol. The third-order valence-corrected chi connectivity index (χ3v) is 4.20. The summed E-state index contributed by atoms with van der Waals surface area (Å²) >= 11 is 1.34. The van der Waals surface area contributed by atoms with E-state index < -0.39 is 15.7 Å². The van der Waals surface area contributed by atoms with E-state index >= 15 is 0 Å². The minimum atomic E-state index is -0.863. The molecule has 0 fully saturated rings. The van der Waals surface area contributed by atoms with Gasteiger partial charge in [-0.05, 0) is 18.3 Å². The van der Waals surface area contributed by atoms with Crippen molar-refractivity contribution in [3.63, 3.8) is 0 Å². The highest BCUT2D eigenvalue weighted by molar-refractivity contribution is 7.84. The van der Waals surface area contributed by atoms with Crippen molar-refractivity contribution in [2.45, 2.75) is 19.4 Å². The summed E-state index contributed by atoms with van der Waals surface area (Å²) in [6, 6.07) is -0.0211. The Labute approximate surface area is 116 Å². The third-order valence-electron chi connectivity index (χ3n) is 2.63. The van der Waals surface area contributed by atoms with Crippen molar-refractivity contribution < 1.29 is 9.13 Å². The molecule has 0 radical (unpaired) electrons. The molecule has 1 N–H and O–H groups in total. The molecule has 0 aliphatic carbocycles. The van der Waals surface area contributed by atoms with Crippen LogP contribution in [0.1, 0.15) is 13.3 Å². The van der Waals surface area contributed by atoms with Gasteiger partial charge >= 0.3 is 5.82 Å². The van der Waals surface area contributed by atoms with E-state index in [0.717, 1.165) is 0 Å². The van der Waals surface area contributed by atoms with Crippen LogP contribution in [-0.2, 0) is 10.8 Å². The van der Waals surface area contributed by atoms with Crippen LogP contribution in [0.25, 0.3) is 4.96 Å². The highest BCUT2D eigenvalue weighted by Crippen LogP contribution is 2.28. The van der Waals surface area contributed by atoms with E-state index in [4.69, 9.17) is 0 Å². The van der Waals surface area contributed by atoms with Crippen molar-refractivity contribution in [2.24, 2.45) is 0 Å². The van der Waals surface area contributed by atoms with Gasteiger partial charge in [-0.2, -0.15) is 9.38 Å². The first kappa shape index (κ1) is 13.9. The van der Waals surface area contributed by atoms with Crippen molar-refractivity contribution in [3.05, 3.63) is 21.7 Å². The molecule has 9 heteroatoms. The highest BCUT2D eigenvalue weighted by Gasteiger charge is 2.24. The number of fused-ring (bicyclic) bond motifs is 1. The fourth-order valence-corrected chi connectivity index (χ4v) is 3.09. The van der Waals surface area contributed by atoms with Crippen LogP contribution >= 0.6 is 11.3 Å². The van der Waals surface area contributed by atoms with Gasteiger partial charge in [0.1, 0.15) is 6.20 Å². The van der Waals surface area contributed by atoms with Gasteiger partial charge in [-0.1, -0.05) is 11.3 Å². The van der Waals surface area contributed by atoms with E-state index in [1.165, 1.54) is 15.7 Å². The van der Waals surface area contributed by atoms with Gasteiger partial charge in [0, 0.05) is 34.2 Å². The molecule has 0 saturated carbocycles. The smallest absolute Gasteiger partial charge is 0.360 e. The number of nitro groups is 1. The van der Waals surface area contributed by atoms with Gasteiger partial charge in [-0.3, -0.25) is 4.21 Å². The summed E-state index contributed by atoms with van der Waals surface area (Å²) < 4.78 is 12.5. The second-order valence-electron chi connectivity index (χ2n) is 4.21. The van der Waals surface area contributed by atoms with E-state index in [9.17, 15) is 14.3 Å². The quantitative estimate of drug-likeness (QED) is 0.650. The average Bonchev–Trinajstić information content (AvgIpc) is 2.85. The van der Waals surface area contributed by atoms with Gasteiger partial charge < -0.3 is 15.4 Å². The van der Waals surface area contributed by atoms with Crippen molar-refractivity contribution in [2.75, 3.05) is 17.3 Å². The van der Waals surface area contributed by atoms with Crippen LogP contribution in [0.4, 0.5) is 11.6 Å². The fraction of sp³-hybridized carbons (Fsp3) is 0.500. The summed E-state index contributed by atoms with van der Waals surface area (Å²) in [4.78, 5) is 15.5. The van der Waals surface area contributed by atoms with E-state index in [2.05, 4.69) is 10.3 Å². The normalized spacial score (nSPS) is 14.4. The summed E-state index contributed by atoms with van der Waals surface area (Å²) in [5.74, 6) is 0.774. The zero-order chi connectivity index (χ0) is 14.0. The SMILES string of the molecule is CC(CCS(C)=O)Nc1nc2sccn2c1[N+](=O)[O-]. The van der Waals surface area contributed by atoms with Crippen LogP contribution < -0.4 is 5.32 Å². The first-order valence-corrected chi connectivity index (χ1v) is 8.26. The lowest BCUT2D eigenvalue weighted by atomic mass is 10.2. The minimum Gasteiger partial charge on any atom is -0.360 e. The number of hydrogen-bond donors (Lipinski definition) is 1. The summed E-state index contributed by atoms with van der Waals surface area (Å²) in [6.07, 6.45) is 3.94. The molecule has 2 unspecified atom stereocenters. The molecule has 19 heavy (non-hydrogen) atoms. The topological polar surface area (TPSA) is 89.5 Å². The van der Waals surface area contributed by atoms with E-state index in [1.807, 2.05) is 6.92 Å². The number of anilines is 1. The molecule has 0 aromatic carbocycles. The van der Waals surface area contributed by atoms with Gasteiger partial charge in [0.2, 0.25) is 5.82 Å². The Bertz CT molecular complexity index is 621. The number of nitrogens with zero attached hydrogens (tertiary/aromatic N) is 3. The lowest BCUT2D eigenvalue weighted by molar-refractivity contribution is -0.389. The van der Waals surface area contributed by atoms with Crippen LogP contribution in [0.5, 0.6) is 0 Å². The van der Waals surface area contributed by atoms with Crippen LogP contribution in [0.2, 0.25) is 0 Å². The largest absolute Gasteiger partial charge is 0.372 e. The van der Waals surface area contributed by atoms with E-state index in [0.29, 0.717) is 17.1 Å². The van der Waals surface area contributed by atoms with Crippen LogP contribution in [0.15, 0.2) is 11.6 Å². The standard InChI is InChI=1S/C10H14N4O3S2/c1-7(3-6-19(2)17)11-8-9(14(15)16)13-4-5-18-10(13)12-8/h4-5,7,11H,3,6H2,1-2H3. The number of imidazole rings is 1. The maximum Gasteiger partial charge on any atom is 0.372 e. The van der Waals surface area contributed by atoms with E-state index in [1.54, 1.807) is 17.8 Å². The minimum absolute atomic E-state index is 0.0211. The molecule has 2 aromatic rings. The second-order valence-corrected chi connectivity index (χ2v) is 6.64. The molecule has 0 aliphatic heterocycles. The monoisotopic (exact) mass is 302 g/mol. The molecule has 2 aromatic heterocycles. The predicted octanol–water partition coefficient (Wildman–Crippen LogP) is 1.87. The van der Waals surface area contributed by atoms with Crippen molar-refractivity contribution in [3.8, 4) is 0 Å². The van der Waals surface area contributed by atoms with Crippen molar-refractivity contribution in [1.82, 2.24) is 9.38 Å². The van der Waals surface area contributed by atoms with Crippen molar-refractivity contribution >= 4 is 38.7 Å². The Morgan fingerprint density at radius 2 is 2.42 bits per heavy atom. The average molecular weight is 302 g/mol. The molecule has 0 amide bonds. The molecule has 0 saturated heterocycles. The zero-order valence-electron chi connectivity index (χ0n) is 10.5. The Hall–Kier alpha value is -1.48. The molecule has 2 rings (SSSR count). The Morgan fingerprint density at radius 3 is 3.05 bits per heavy atom. The molecule has 7 nitrogen and oxygen atoms in total. The molecule has 2 atom stereocenters. The van der Waals surface area contributed by atoms with Gasteiger partial charge in [0.15, 0.2) is 0 Å². The number of nitrogens with one attached hydrogen (secondary N) is 1. The van der Waals surface area contributed by atoms with Crippen LogP contribution in [0, 0.1) is 10.1 Å². The zero-order valence-corrected chi connectivity index (χ0v) is 12.2. The first-order valence-electron chi connectivity index (χ1n) is 5.65. The summed E-state index contributed by atoms with van der Waals surface area (Å²) in [5, 5.41) is 15.9. The lowest BCUT2D eigenvalue weighted by Gasteiger charge is -2.11. The Balaban J connectivity index is 2.19. The Morgan fingerprint density at radius 1 is 1.68 bits per heavy atom. The molecule has 0 aliphatic rings. The summed E-state index contributed by atoms with van der Waals surface area (Å²) in [6.45, 7) is 1.89. The van der Waals surface area contributed by atoms with Gasteiger partial charge in [-0.25, -0.2) is 0 Å². The first-order chi connectivity index (χ1) is 8.99. The number of aromatic nitrogens is 2. The lowest BCUT2D eigenvalue weighted by Crippen LogP contribution is -2.18. The fourth-order valence-electron chi connectivity index (χ4n) is 1.69. The van der Waals surface area contributed by atoms with Crippen LogP contribution in [-0.4, -0.2) is 36.6 Å². The van der Waals surface area contributed by atoms with Crippen LogP contribution in [0.3, 0.4) is 0 Å². The van der Waals surface area contributed by atoms with Crippen molar-refractivity contribution in [1.29, 1.82) is 0 Å². The molecular weight excluding hydrogens is 288 g/mol. The summed E-state index contributed by atoms with van der Waals surface area (Å²) in [7, 11) is -0.863. The summed E-state index contributed by atoms with van der Waals surface area (Å²) in [5.41, 5.74) is 0. The molecule has 104 valence electrons. The highest BCUT2D eigenvalue weighted by atomic mass is 32.2. The molecular formula is C10H14N4O3S2. The number of hydrogen-bond acceptors (Lipinski definition) is 6. The molecule has 0 bridgehead atoms. The Kier molecular flexibility index (Phi) is 4.15. The van der Waals surface area contributed by atoms with E-state index in [-0.39, 0.29) is 17.7 Å². The second kappa shape index (κ2) is 5.66.